The molecule has 162 valence electrons. The van der Waals surface area contributed by atoms with Crippen LogP contribution in [-0.4, -0.2) is 81.7 Å². The van der Waals surface area contributed by atoms with Crippen molar-refractivity contribution in [3.05, 3.63) is 12.7 Å². The van der Waals surface area contributed by atoms with Crippen molar-refractivity contribution in [3.63, 3.8) is 0 Å². The summed E-state index contributed by atoms with van der Waals surface area (Å²) in [7, 11) is 0.00660. The summed E-state index contributed by atoms with van der Waals surface area (Å²) in [5, 5.41) is 2.68. The van der Waals surface area contributed by atoms with Gasteiger partial charge in [0.25, 0.3) is 0 Å². The van der Waals surface area contributed by atoms with Gasteiger partial charge in [0.1, 0.15) is 6.54 Å². The Morgan fingerprint density at radius 1 is 1.25 bits per heavy atom. The molecule has 2 N–H and O–H groups in total. The Balaban J connectivity index is 0.00000392. The molecule has 8 nitrogen and oxygen atoms in total. The number of nitrogens with one attached hydrogen (secondary N) is 2. The number of halogens is 1. The number of carbonyl (C=O) groups is 1. The minimum absolute atomic E-state index is 0. The minimum atomic E-state index is -3.37. The van der Waals surface area contributed by atoms with E-state index in [0.717, 1.165) is 32.1 Å². The number of hydrogen-bond donors (Lipinski definition) is 2. The van der Waals surface area contributed by atoms with Crippen molar-refractivity contribution >= 4 is 45.9 Å². The fraction of sp³-hybridized carbons (Fsp3) is 0.778. The quantitative estimate of drug-likeness (QED) is 0.224. The number of nitrogens with zero attached hydrogens (tertiary/aromatic N) is 3. The van der Waals surface area contributed by atoms with E-state index < -0.39 is 15.3 Å². The second kappa shape index (κ2) is 12.0. The predicted octanol–water partition coefficient (Wildman–Crippen LogP) is 1.15. The van der Waals surface area contributed by atoms with Gasteiger partial charge in [0.05, 0.1) is 5.25 Å². The molecule has 2 aliphatic rings. The van der Waals surface area contributed by atoms with E-state index >= 15 is 0 Å². The number of piperidine rings is 1. The lowest BCUT2D eigenvalue weighted by Gasteiger charge is -2.35. The Hall–Kier alpha value is -0.880. The number of likely N-dealkylation sites (N-methyl/N-ethyl adjacent to an activating group) is 1. The zero-order valence-corrected chi connectivity index (χ0v) is 20.0. The lowest BCUT2D eigenvalue weighted by Crippen LogP contribution is -2.53. The second-order valence-corrected chi connectivity index (χ2v) is 9.44. The second-order valence-electron chi connectivity index (χ2n) is 7.45. The Labute approximate surface area is 186 Å². The normalized spacial score (nSPS) is 21.1. The maximum absolute atomic E-state index is 12.8. The SMILES string of the molecule is C=CCNC(=NCC(=O)N(C)C)N1CCCC(S(=O)(=O)NC2CCCC2)C1.I. The number of carbonyl (C=O) groups excluding carboxylic acids is 1. The third kappa shape index (κ3) is 7.51. The third-order valence-electron chi connectivity index (χ3n) is 5.07. The molecule has 0 spiro atoms. The smallest absolute Gasteiger partial charge is 0.243 e. The van der Waals surface area contributed by atoms with Crippen molar-refractivity contribution < 1.29 is 13.2 Å². The van der Waals surface area contributed by atoms with Crippen LogP contribution in [0.5, 0.6) is 0 Å². The van der Waals surface area contributed by atoms with E-state index in [9.17, 15) is 13.2 Å². The molecule has 10 heteroatoms. The van der Waals surface area contributed by atoms with Crippen molar-refractivity contribution in [2.75, 3.05) is 40.3 Å². The summed E-state index contributed by atoms with van der Waals surface area (Å²) in [6, 6.07) is 0.0788. The highest BCUT2D eigenvalue weighted by atomic mass is 127. The van der Waals surface area contributed by atoms with Gasteiger partial charge in [-0.1, -0.05) is 18.9 Å². The molecular formula is C18H34IN5O3S. The first-order valence-electron chi connectivity index (χ1n) is 9.69. The van der Waals surface area contributed by atoms with Gasteiger partial charge in [-0.15, -0.1) is 30.6 Å². The van der Waals surface area contributed by atoms with Crippen LogP contribution in [0.3, 0.4) is 0 Å². The van der Waals surface area contributed by atoms with Gasteiger partial charge in [-0.25, -0.2) is 18.1 Å². The molecule has 0 aromatic carbocycles. The van der Waals surface area contributed by atoms with Gasteiger partial charge >= 0.3 is 0 Å². The van der Waals surface area contributed by atoms with Gasteiger partial charge in [-0.3, -0.25) is 4.79 Å². The summed E-state index contributed by atoms with van der Waals surface area (Å²) in [6.07, 6.45) is 7.16. The van der Waals surface area contributed by atoms with E-state index in [2.05, 4.69) is 21.6 Å². The Morgan fingerprint density at radius 2 is 1.93 bits per heavy atom. The van der Waals surface area contributed by atoms with Gasteiger partial charge in [-0.2, -0.15) is 0 Å². The van der Waals surface area contributed by atoms with Crippen LogP contribution in [0.2, 0.25) is 0 Å². The van der Waals surface area contributed by atoms with Crippen molar-refractivity contribution in [3.8, 4) is 0 Å². The largest absolute Gasteiger partial charge is 0.353 e. The molecule has 2 rings (SSSR count). The fourth-order valence-electron chi connectivity index (χ4n) is 3.47. The maximum Gasteiger partial charge on any atom is 0.243 e. The molecule has 1 amide bonds. The van der Waals surface area contributed by atoms with E-state index in [4.69, 9.17) is 0 Å². The zero-order chi connectivity index (χ0) is 19.9. The van der Waals surface area contributed by atoms with Crippen LogP contribution in [-0.2, 0) is 14.8 Å². The van der Waals surface area contributed by atoms with E-state index in [1.165, 1.54) is 4.90 Å². The standard InChI is InChI=1S/C18H33N5O3S.HI/c1-4-11-19-18(20-13-17(24)22(2)3)23-12-7-10-16(14-23)27(25,26)21-15-8-5-6-9-15;/h4,15-16,21H,1,5-14H2,2-3H3,(H,19,20);1H. The predicted molar refractivity (Wildman–Crippen MR) is 124 cm³/mol. The topological polar surface area (TPSA) is 94.1 Å². The van der Waals surface area contributed by atoms with Gasteiger partial charge in [0, 0.05) is 39.8 Å². The average Bonchev–Trinajstić information content (AvgIpc) is 3.14. The molecule has 1 unspecified atom stereocenters. The molecule has 0 aromatic rings. The zero-order valence-electron chi connectivity index (χ0n) is 16.9. The monoisotopic (exact) mass is 527 g/mol. The highest BCUT2D eigenvalue weighted by Gasteiger charge is 2.34. The summed E-state index contributed by atoms with van der Waals surface area (Å²) < 4.78 is 28.5. The molecule has 1 saturated heterocycles. The van der Waals surface area contributed by atoms with E-state index in [1.807, 2.05) is 4.90 Å². The molecule has 0 aromatic heterocycles. The average molecular weight is 527 g/mol. The number of sulfonamides is 1. The van der Waals surface area contributed by atoms with Gasteiger partial charge < -0.3 is 15.1 Å². The number of likely N-dealkylation sites (tertiary alicyclic amines) is 1. The molecule has 0 bridgehead atoms. The number of hydrogen-bond acceptors (Lipinski definition) is 4. The van der Waals surface area contributed by atoms with E-state index in [1.54, 1.807) is 20.2 Å². The molecule has 0 radical (unpaired) electrons. The van der Waals surface area contributed by atoms with Crippen LogP contribution in [0.15, 0.2) is 17.6 Å². The molecule has 1 heterocycles. The highest BCUT2D eigenvalue weighted by molar-refractivity contribution is 14.0. The first kappa shape index (κ1) is 25.2. The first-order chi connectivity index (χ1) is 12.8. The lowest BCUT2D eigenvalue weighted by molar-refractivity contribution is -0.127. The Bertz CT molecular complexity index is 648. The fourth-order valence-corrected chi connectivity index (χ4v) is 5.22. The van der Waals surface area contributed by atoms with Crippen molar-refractivity contribution in [1.82, 2.24) is 19.8 Å². The number of amides is 1. The Morgan fingerprint density at radius 3 is 2.54 bits per heavy atom. The number of rotatable bonds is 7. The van der Waals surface area contributed by atoms with Crippen molar-refractivity contribution in [2.45, 2.75) is 49.8 Å². The third-order valence-corrected chi connectivity index (χ3v) is 6.99. The Kier molecular flexibility index (Phi) is 10.7. The van der Waals surface area contributed by atoms with Crippen molar-refractivity contribution in [2.24, 2.45) is 4.99 Å². The van der Waals surface area contributed by atoms with Gasteiger partial charge in [-0.05, 0) is 25.7 Å². The molecule has 1 aliphatic carbocycles. The van der Waals surface area contributed by atoms with Gasteiger partial charge in [0.2, 0.25) is 15.9 Å². The molecule has 1 aliphatic heterocycles. The van der Waals surface area contributed by atoms with Crippen LogP contribution in [0.4, 0.5) is 0 Å². The summed E-state index contributed by atoms with van der Waals surface area (Å²) in [6.45, 7) is 5.32. The van der Waals surface area contributed by atoms with Crippen LogP contribution >= 0.6 is 24.0 Å². The maximum atomic E-state index is 12.8. The van der Waals surface area contributed by atoms with Crippen LogP contribution < -0.4 is 10.0 Å². The molecular weight excluding hydrogens is 493 g/mol. The number of aliphatic imine (C=N–C) groups is 1. The van der Waals surface area contributed by atoms with Crippen molar-refractivity contribution in [1.29, 1.82) is 0 Å². The summed E-state index contributed by atoms with van der Waals surface area (Å²) >= 11 is 0. The summed E-state index contributed by atoms with van der Waals surface area (Å²) in [5.41, 5.74) is 0. The van der Waals surface area contributed by atoms with Crippen LogP contribution in [0.1, 0.15) is 38.5 Å². The summed E-state index contributed by atoms with van der Waals surface area (Å²) in [5.74, 6) is 0.461. The van der Waals surface area contributed by atoms with E-state index in [0.29, 0.717) is 32.0 Å². The molecule has 2 fully saturated rings. The summed E-state index contributed by atoms with van der Waals surface area (Å²) in [4.78, 5) is 19.7. The molecule has 1 saturated carbocycles. The minimum Gasteiger partial charge on any atom is -0.353 e. The van der Waals surface area contributed by atoms with Crippen LogP contribution in [0.25, 0.3) is 0 Å². The number of guanidine groups is 1. The first-order valence-corrected chi connectivity index (χ1v) is 11.2. The van der Waals surface area contributed by atoms with Crippen LogP contribution in [0, 0.1) is 0 Å². The van der Waals surface area contributed by atoms with Gasteiger partial charge in [0.15, 0.2) is 5.96 Å². The molecule has 28 heavy (non-hydrogen) atoms. The lowest BCUT2D eigenvalue weighted by atomic mass is 10.1. The molecule has 1 atom stereocenters. The highest BCUT2D eigenvalue weighted by Crippen LogP contribution is 2.22. The van der Waals surface area contributed by atoms with E-state index in [-0.39, 0.29) is 42.5 Å².